The van der Waals surface area contributed by atoms with Gasteiger partial charge in [-0.05, 0) is 25.0 Å². The number of hydrogen-bond donors (Lipinski definition) is 1. The summed E-state index contributed by atoms with van der Waals surface area (Å²) in [5.74, 6) is 0. The van der Waals surface area contributed by atoms with Crippen molar-refractivity contribution < 1.29 is 8.42 Å². The number of sulfonamides is 1. The van der Waals surface area contributed by atoms with Gasteiger partial charge in [-0.25, -0.2) is 13.6 Å². The Morgan fingerprint density at radius 1 is 1.13 bits per heavy atom. The monoisotopic (exact) mass is 226 g/mol. The molecule has 0 bridgehead atoms. The highest BCUT2D eigenvalue weighted by atomic mass is 32.2. The molecule has 82 valence electrons. The molecule has 5 heteroatoms. The van der Waals surface area contributed by atoms with Crippen LogP contribution in [0.2, 0.25) is 0 Å². The molecule has 1 aliphatic rings. The second kappa shape index (κ2) is 3.83. The average molecular weight is 226 g/mol. The number of rotatable bonds is 2. The first-order valence-electron chi connectivity index (χ1n) is 4.96. The van der Waals surface area contributed by atoms with Crippen LogP contribution in [0.5, 0.6) is 0 Å². The second-order valence-corrected chi connectivity index (χ2v) is 5.24. The molecule has 4 nitrogen and oxygen atoms in total. The van der Waals surface area contributed by atoms with Crippen LogP contribution < -0.4 is 10.0 Å². The van der Waals surface area contributed by atoms with Gasteiger partial charge in [0.05, 0.1) is 5.69 Å². The van der Waals surface area contributed by atoms with Gasteiger partial charge in [0.2, 0.25) is 10.0 Å². The van der Waals surface area contributed by atoms with Crippen molar-refractivity contribution in [3.8, 4) is 0 Å². The van der Waals surface area contributed by atoms with Gasteiger partial charge in [-0.1, -0.05) is 12.1 Å². The van der Waals surface area contributed by atoms with Crippen LogP contribution in [-0.2, 0) is 10.0 Å². The Balaban J connectivity index is 2.46. The third kappa shape index (κ3) is 2.13. The summed E-state index contributed by atoms with van der Waals surface area (Å²) in [5.41, 5.74) is 0.734. The number of nitrogens with two attached hydrogens (primary N) is 1. The molecular weight excluding hydrogens is 212 g/mol. The molecular formula is C10H14N2O2S. The minimum atomic E-state index is -3.61. The zero-order chi connectivity index (χ0) is 10.9. The number of primary sulfonamides is 1. The van der Waals surface area contributed by atoms with Crippen molar-refractivity contribution in [1.82, 2.24) is 0 Å². The van der Waals surface area contributed by atoms with Gasteiger partial charge in [0.25, 0.3) is 0 Å². The van der Waals surface area contributed by atoms with Crippen LogP contribution in [0.1, 0.15) is 12.8 Å². The van der Waals surface area contributed by atoms with E-state index >= 15 is 0 Å². The van der Waals surface area contributed by atoms with Crippen LogP contribution in [0.4, 0.5) is 5.69 Å². The van der Waals surface area contributed by atoms with Crippen LogP contribution in [0.3, 0.4) is 0 Å². The van der Waals surface area contributed by atoms with E-state index in [1.54, 1.807) is 12.1 Å². The molecule has 1 aromatic rings. The molecule has 1 heterocycles. The summed E-state index contributed by atoms with van der Waals surface area (Å²) < 4.78 is 22.7. The molecule has 1 aliphatic heterocycles. The lowest BCUT2D eigenvalue weighted by molar-refractivity contribution is 0.597. The lowest BCUT2D eigenvalue weighted by Gasteiger charge is -2.19. The van der Waals surface area contributed by atoms with E-state index in [1.807, 2.05) is 12.1 Å². The highest BCUT2D eigenvalue weighted by molar-refractivity contribution is 7.89. The quantitative estimate of drug-likeness (QED) is 0.816. The normalized spacial score (nSPS) is 17.0. The first kappa shape index (κ1) is 10.4. The Labute approximate surface area is 89.7 Å². The van der Waals surface area contributed by atoms with Crippen molar-refractivity contribution in [2.45, 2.75) is 17.7 Å². The molecule has 1 saturated heterocycles. The second-order valence-electron chi connectivity index (χ2n) is 3.71. The Kier molecular flexibility index (Phi) is 2.67. The minimum Gasteiger partial charge on any atom is -0.370 e. The highest BCUT2D eigenvalue weighted by Crippen LogP contribution is 2.26. The van der Waals surface area contributed by atoms with Gasteiger partial charge < -0.3 is 4.90 Å². The molecule has 0 unspecified atom stereocenters. The van der Waals surface area contributed by atoms with Gasteiger partial charge in [-0.15, -0.1) is 0 Å². The largest absolute Gasteiger partial charge is 0.370 e. The van der Waals surface area contributed by atoms with Crippen molar-refractivity contribution in [3.05, 3.63) is 24.3 Å². The molecule has 0 radical (unpaired) electrons. The predicted molar refractivity (Wildman–Crippen MR) is 59.3 cm³/mol. The van der Waals surface area contributed by atoms with Crippen molar-refractivity contribution in [3.63, 3.8) is 0 Å². The van der Waals surface area contributed by atoms with Crippen LogP contribution in [0.15, 0.2) is 29.2 Å². The molecule has 0 aliphatic carbocycles. The smallest absolute Gasteiger partial charge is 0.240 e. The third-order valence-corrected chi connectivity index (χ3v) is 3.58. The number of benzene rings is 1. The molecule has 2 N–H and O–H groups in total. The van der Waals surface area contributed by atoms with E-state index in [1.165, 1.54) is 0 Å². The first-order chi connectivity index (χ1) is 7.09. The van der Waals surface area contributed by atoms with Gasteiger partial charge in [0, 0.05) is 13.1 Å². The molecule has 15 heavy (non-hydrogen) atoms. The van der Waals surface area contributed by atoms with Crippen molar-refractivity contribution in [2.24, 2.45) is 5.14 Å². The lowest BCUT2D eigenvalue weighted by atomic mass is 10.3. The van der Waals surface area contributed by atoms with Crippen LogP contribution in [-0.4, -0.2) is 21.5 Å². The molecule has 0 amide bonds. The number of para-hydroxylation sites is 1. The summed E-state index contributed by atoms with van der Waals surface area (Å²) in [7, 11) is -3.61. The molecule has 0 spiro atoms. The fourth-order valence-corrected chi connectivity index (χ4v) is 2.67. The number of anilines is 1. The van der Waals surface area contributed by atoms with E-state index in [0.717, 1.165) is 31.6 Å². The number of hydrogen-bond acceptors (Lipinski definition) is 3. The molecule has 2 rings (SSSR count). The summed E-state index contributed by atoms with van der Waals surface area (Å²) in [4.78, 5) is 2.30. The zero-order valence-electron chi connectivity index (χ0n) is 8.39. The average Bonchev–Trinajstić information content (AvgIpc) is 2.69. The van der Waals surface area contributed by atoms with Crippen LogP contribution >= 0.6 is 0 Å². The van der Waals surface area contributed by atoms with Crippen molar-refractivity contribution >= 4 is 15.7 Å². The van der Waals surface area contributed by atoms with Gasteiger partial charge in [-0.3, -0.25) is 0 Å². The van der Waals surface area contributed by atoms with Gasteiger partial charge in [0.1, 0.15) is 4.90 Å². The summed E-state index contributed by atoms with van der Waals surface area (Å²) in [5, 5.41) is 5.17. The molecule has 1 fully saturated rings. The topological polar surface area (TPSA) is 63.4 Å². The van der Waals surface area contributed by atoms with E-state index in [9.17, 15) is 8.42 Å². The minimum absolute atomic E-state index is 0.229. The summed E-state index contributed by atoms with van der Waals surface area (Å²) in [6.45, 7) is 1.82. The zero-order valence-corrected chi connectivity index (χ0v) is 9.20. The van der Waals surface area contributed by atoms with Crippen LogP contribution in [0, 0.1) is 0 Å². The molecule has 0 saturated carbocycles. The summed E-state index contributed by atoms with van der Waals surface area (Å²) in [6.07, 6.45) is 2.22. The fourth-order valence-electron chi connectivity index (χ4n) is 1.92. The maximum Gasteiger partial charge on any atom is 0.240 e. The van der Waals surface area contributed by atoms with Crippen LogP contribution in [0.25, 0.3) is 0 Å². The Morgan fingerprint density at radius 3 is 2.33 bits per heavy atom. The fraction of sp³-hybridized carbons (Fsp3) is 0.400. The number of nitrogens with zero attached hydrogens (tertiary/aromatic N) is 1. The SMILES string of the molecule is NS(=O)(=O)c1ccccc1N1CCCC1. The standard InChI is InChI=1S/C10H14N2O2S/c11-15(13,14)10-6-2-1-5-9(10)12-7-3-4-8-12/h1-2,5-6H,3-4,7-8H2,(H2,11,13,14). The van der Waals surface area contributed by atoms with Gasteiger partial charge >= 0.3 is 0 Å². The van der Waals surface area contributed by atoms with Gasteiger partial charge in [0.15, 0.2) is 0 Å². The van der Waals surface area contributed by atoms with E-state index in [4.69, 9.17) is 5.14 Å². The van der Waals surface area contributed by atoms with E-state index in [2.05, 4.69) is 4.90 Å². The Hall–Kier alpha value is -1.07. The molecule has 0 atom stereocenters. The maximum absolute atomic E-state index is 11.4. The van der Waals surface area contributed by atoms with E-state index in [-0.39, 0.29) is 4.90 Å². The predicted octanol–water partition coefficient (Wildman–Crippen LogP) is 0.934. The highest BCUT2D eigenvalue weighted by Gasteiger charge is 2.20. The maximum atomic E-state index is 11.4. The Bertz CT molecular complexity index is 450. The molecule has 1 aromatic carbocycles. The Morgan fingerprint density at radius 2 is 1.73 bits per heavy atom. The van der Waals surface area contributed by atoms with Crippen molar-refractivity contribution in [1.29, 1.82) is 0 Å². The van der Waals surface area contributed by atoms with Gasteiger partial charge in [-0.2, -0.15) is 0 Å². The summed E-state index contributed by atoms with van der Waals surface area (Å²) >= 11 is 0. The van der Waals surface area contributed by atoms with Crippen molar-refractivity contribution in [2.75, 3.05) is 18.0 Å². The third-order valence-electron chi connectivity index (χ3n) is 2.62. The van der Waals surface area contributed by atoms with E-state index in [0.29, 0.717) is 0 Å². The van der Waals surface area contributed by atoms with E-state index < -0.39 is 10.0 Å². The summed E-state index contributed by atoms with van der Waals surface area (Å²) in [6, 6.07) is 6.90. The first-order valence-corrected chi connectivity index (χ1v) is 6.50. The molecule has 0 aromatic heterocycles. The lowest BCUT2D eigenvalue weighted by Crippen LogP contribution is -2.22.